The fourth-order valence-electron chi connectivity index (χ4n) is 2.18. The third kappa shape index (κ3) is 4.86. The van der Waals surface area contributed by atoms with E-state index in [1.54, 1.807) is 6.21 Å². The SMILES string of the molecule is C=C=CC(C)(CCC=C)C1=CC=CC(C)(CO[N+](=O)[O-])C=N1. The first kappa shape index (κ1) is 17.7. The molecule has 2 unspecified atom stereocenters. The van der Waals surface area contributed by atoms with Gasteiger partial charge in [-0.05, 0) is 38.8 Å². The van der Waals surface area contributed by atoms with Gasteiger partial charge in [0.05, 0.1) is 5.70 Å². The molecule has 22 heavy (non-hydrogen) atoms. The fraction of sp³-hybridized carbons (Fsp3) is 0.412. The smallest absolute Gasteiger partial charge is 0.294 e. The number of rotatable bonds is 8. The number of aliphatic imine (C=N–C) groups is 1. The first-order valence-corrected chi connectivity index (χ1v) is 7.06. The summed E-state index contributed by atoms with van der Waals surface area (Å²) in [6, 6.07) is 0. The highest BCUT2D eigenvalue weighted by Crippen LogP contribution is 2.36. The lowest BCUT2D eigenvalue weighted by molar-refractivity contribution is -0.759. The van der Waals surface area contributed by atoms with Crippen LogP contribution in [-0.2, 0) is 4.84 Å². The van der Waals surface area contributed by atoms with Crippen molar-refractivity contribution in [2.24, 2.45) is 15.8 Å². The van der Waals surface area contributed by atoms with Gasteiger partial charge in [0.15, 0.2) is 0 Å². The Morgan fingerprint density at radius 1 is 1.64 bits per heavy atom. The van der Waals surface area contributed by atoms with Crippen molar-refractivity contribution >= 4 is 6.21 Å². The molecule has 0 fully saturated rings. The van der Waals surface area contributed by atoms with Crippen LogP contribution in [0.15, 0.2) is 60.0 Å². The summed E-state index contributed by atoms with van der Waals surface area (Å²) in [5.74, 6) is 0. The summed E-state index contributed by atoms with van der Waals surface area (Å²) < 4.78 is 0. The van der Waals surface area contributed by atoms with Crippen molar-refractivity contribution in [2.75, 3.05) is 6.61 Å². The van der Waals surface area contributed by atoms with Crippen molar-refractivity contribution in [1.29, 1.82) is 0 Å². The van der Waals surface area contributed by atoms with E-state index in [4.69, 9.17) is 0 Å². The molecular weight excluding hydrogens is 280 g/mol. The van der Waals surface area contributed by atoms with Gasteiger partial charge in [0, 0.05) is 17.0 Å². The Labute approximate surface area is 131 Å². The number of allylic oxidation sites excluding steroid dienone is 4. The molecule has 0 spiro atoms. The topological polar surface area (TPSA) is 64.7 Å². The van der Waals surface area contributed by atoms with E-state index in [1.165, 1.54) is 0 Å². The van der Waals surface area contributed by atoms with Gasteiger partial charge in [-0.3, -0.25) is 4.99 Å². The molecule has 0 aliphatic carbocycles. The minimum Gasteiger partial charge on any atom is -0.313 e. The lowest BCUT2D eigenvalue weighted by Crippen LogP contribution is -2.24. The van der Waals surface area contributed by atoms with Crippen LogP contribution in [0.4, 0.5) is 0 Å². The highest BCUT2D eigenvalue weighted by Gasteiger charge is 2.28. The first-order valence-electron chi connectivity index (χ1n) is 7.06. The van der Waals surface area contributed by atoms with Crippen molar-refractivity contribution in [2.45, 2.75) is 26.7 Å². The fourth-order valence-corrected chi connectivity index (χ4v) is 2.18. The van der Waals surface area contributed by atoms with Gasteiger partial charge in [0.2, 0.25) is 0 Å². The molecule has 0 saturated heterocycles. The lowest BCUT2D eigenvalue weighted by Gasteiger charge is -2.25. The zero-order chi connectivity index (χ0) is 16.6. The van der Waals surface area contributed by atoms with E-state index in [2.05, 4.69) is 35.6 Å². The van der Waals surface area contributed by atoms with Crippen LogP contribution in [0.3, 0.4) is 0 Å². The molecule has 5 heteroatoms. The Morgan fingerprint density at radius 2 is 2.36 bits per heavy atom. The monoisotopic (exact) mass is 302 g/mol. The van der Waals surface area contributed by atoms with E-state index in [0.717, 1.165) is 18.5 Å². The molecule has 0 aromatic heterocycles. The Morgan fingerprint density at radius 3 is 2.95 bits per heavy atom. The number of hydrogen-bond acceptors (Lipinski definition) is 4. The minimum absolute atomic E-state index is 0.0677. The summed E-state index contributed by atoms with van der Waals surface area (Å²) in [5.41, 5.74) is 2.75. The number of nitrogens with zero attached hydrogens (tertiary/aromatic N) is 2. The van der Waals surface area contributed by atoms with Crippen molar-refractivity contribution < 1.29 is 9.92 Å². The second kappa shape index (κ2) is 7.57. The van der Waals surface area contributed by atoms with E-state index >= 15 is 0 Å². The van der Waals surface area contributed by atoms with E-state index in [9.17, 15) is 10.1 Å². The summed E-state index contributed by atoms with van der Waals surface area (Å²) >= 11 is 0. The predicted octanol–water partition coefficient (Wildman–Crippen LogP) is 4.04. The van der Waals surface area contributed by atoms with Gasteiger partial charge in [-0.2, -0.15) is 0 Å². The molecule has 0 saturated carbocycles. The van der Waals surface area contributed by atoms with Gasteiger partial charge in [-0.1, -0.05) is 24.8 Å². The molecule has 2 atom stereocenters. The second-order valence-corrected chi connectivity index (χ2v) is 5.77. The van der Waals surface area contributed by atoms with Crippen molar-refractivity contribution in [3.63, 3.8) is 0 Å². The summed E-state index contributed by atoms with van der Waals surface area (Å²) in [6.07, 6.45) is 12.7. The molecule has 0 amide bonds. The zero-order valence-corrected chi connectivity index (χ0v) is 13.1. The van der Waals surface area contributed by atoms with Crippen LogP contribution in [0.25, 0.3) is 0 Å². The molecule has 1 heterocycles. The molecular formula is C17H22N2O3. The van der Waals surface area contributed by atoms with Gasteiger partial charge >= 0.3 is 0 Å². The van der Waals surface area contributed by atoms with E-state index in [1.807, 2.05) is 37.3 Å². The van der Waals surface area contributed by atoms with Crippen molar-refractivity contribution in [1.82, 2.24) is 0 Å². The molecule has 0 radical (unpaired) electrons. The lowest BCUT2D eigenvalue weighted by atomic mass is 9.81. The standard InChI is InChI=1S/C17H22N2O3/c1-5-7-12-17(4,10-6-2)15-9-8-11-16(3,13-18-15)14-22-19(20)21/h5,8-11,13H,1-2,7,12,14H2,3-4H3. The third-order valence-electron chi connectivity index (χ3n) is 3.58. The molecule has 1 aliphatic rings. The Hall–Kier alpha value is -2.39. The van der Waals surface area contributed by atoms with E-state index in [-0.39, 0.29) is 12.0 Å². The average Bonchev–Trinajstić information content (AvgIpc) is 2.66. The molecule has 0 bridgehead atoms. The molecule has 0 N–H and O–H groups in total. The molecule has 0 aromatic carbocycles. The molecule has 0 aromatic rings. The van der Waals surface area contributed by atoms with Crippen molar-refractivity contribution in [3.8, 4) is 0 Å². The van der Waals surface area contributed by atoms with Crippen LogP contribution < -0.4 is 0 Å². The highest BCUT2D eigenvalue weighted by molar-refractivity contribution is 5.71. The quantitative estimate of drug-likeness (QED) is 0.294. The van der Waals surface area contributed by atoms with Crippen LogP contribution in [0.1, 0.15) is 26.7 Å². The minimum atomic E-state index is -0.791. The maximum Gasteiger partial charge on any atom is 0.294 e. The average molecular weight is 302 g/mol. The normalized spacial score (nSPS) is 22.7. The van der Waals surface area contributed by atoms with Crippen LogP contribution in [0, 0.1) is 20.9 Å². The molecule has 1 aliphatic heterocycles. The summed E-state index contributed by atoms with van der Waals surface area (Å²) in [4.78, 5) is 19.4. The second-order valence-electron chi connectivity index (χ2n) is 5.77. The van der Waals surface area contributed by atoms with Gasteiger partial charge in [-0.15, -0.1) is 22.4 Å². The maximum absolute atomic E-state index is 10.4. The molecule has 5 nitrogen and oxygen atoms in total. The largest absolute Gasteiger partial charge is 0.313 e. The zero-order valence-electron chi connectivity index (χ0n) is 13.1. The van der Waals surface area contributed by atoms with Gasteiger partial charge in [-0.25, -0.2) is 0 Å². The molecule has 118 valence electrons. The summed E-state index contributed by atoms with van der Waals surface area (Å²) in [7, 11) is 0. The van der Waals surface area contributed by atoms with Crippen LogP contribution >= 0.6 is 0 Å². The Balaban J connectivity index is 3.00. The summed E-state index contributed by atoms with van der Waals surface area (Å²) in [5, 5.41) is 9.58. The van der Waals surface area contributed by atoms with Crippen molar-refractivity contribution in [3.05, 3.63) is 65.1 Å². The Bertz CT molecular complexity index is 570. The molecule has 1 rings (SSSR count). The maximum atomic E-state index is 10.4. The van der Waals surface area contributed by atoms with Crippen LogP contribution in [0.5, 0.6) is 0 Å². The van der Waals surface area contributed by atoms with E-state index < -0.39 is 10.5 Å². The third-order valence-corrected chi connectivity index (χ3v) is 3.58. The number of hydrogen-bond donors (Lipinski definition) is 0. The van der Waals surface area contributed by atoms with Crippen LogP contribution in [-0.4, -0.2) is 17.9 Å². The Kier molecular flexibility index (Phi) is 6.08. The summed E-state index contributed by atoms with van der Waals surface area (Å²) in [6.45, 7) is 11.2. The van der Waals surface area contributed by atoms with Gasteiger partial charge in [0.25, 0.3) is 5.09 Å². The predicted molar refractivity (Wildman–Crippen MR) is 88.0 cm³/mol. The highest BCUT2D eigenvalue weighted by atomic mass is 16.9. The van der Waals surface area contributed by atoms with E-state index in [0.29, 0.717) is 0 Å². The van der Waals surface area contributed by atoms with Crippen LogP contribution in [0.2, 0.25) is 0 Å². The first-order chi connectivity index (χ1) is 10.4. The van der Waals surface area contributed by atoms with Gasteiger partial charge < -0.3 is 4.84 Å². The van der Waals surface area contributed by atoms with Gasteiger partial charge in [0.1, 0.15) is 6.61 Å².